The van der Waals surface area contributed by atoms with Crippen LogP contribution in [0.5, 0.6) is 0 Å². The van der Waals surface area contributed by atoms with Crippen LogP contribution in [0.25, 0.3) is 16.8 Å². The highest BCUT2D eigenvalue weighted by Gasteiger charge is 2.40. The highest BCUT2D eigenvalue weighted by atomic mass is 19.4. The van der Waals surface area contributed by atoms with Crippen molar-refractivity contribution < 1.29 is 35.9 Å². The number of nitrogens with one attached hydrogen (secondary N) is 2. The van der Waals surface area contributed by atoms with Gasteiger partial charge < -0.3 is 15.0 Å². The zero-order chi connectivity index (χ0) is 27.2. The molecule has 0 spiro atoms. The minimum atomic E-state index is -4.97. The molecule has 3 heterocycles. The van der Waals surface area contributed by atoms with Crippen LogP contribution in [0.3, 0.4) is 0 Å². The van der Waals surface area contributed by atoms with Crippen molar-refractivity contribution in [1.82, 2.24) is 29.9 Å². The van der Waals surface area contributed by atoms with E-state index in [4.69, 9.17) is 4.74 Å². The average molecular weight is 540 g/mol. The van der Waals surface area contributed by atoms with Crippen molar-refractivity contribution in [3.05, 3.63) is 59.2 Å². The van der Waals surface area contributed by atoms with Crippen molar-refractivity contribution in [2.75, 3.05) is 0 Å². The Kier molecular flexibility index (Phi) is 6.43. The van der Waals surface area contributed by atoms with E-state index in [0.717, 1.165) is 11.9 Å². The third kappa shape index (κ3) is 4.98. The van der Waals surface area contributed by atoms with E-state index in [0.29, 0.717) is 42.1 Å². The van der Waals surface area contributed by atoms with E-state index >= 15 is 0 Å². The molecule has 4 aromatic rings. The van der Waals surface area contributed by atoms with E-state index in [2.05, 4.69) is 25.5 Å². The molecule has 0 bridgehead atoms. The first kappa shape index (κ1) is 25.8. The Balaban J connectivity index is 1.29. The van der Waals surface area contributed by atoms with Crippen LogP contribution in [0.15, 0.2) is 36.7 Å². The van der Waals surface area contributed by atoms with Crippen LogP contribution in [0.2, 0.25) is 0 Å². The molecule has 1 amide bonds. The second kappa shape index (κ2) is 9.48. The zero-order valence-corrected chi connectivity index (χ0v) is 19.9. The van der Waals surface area contributed by atoms with E-state index in [1.807, 2.05) is 17.4 Å². The van der Waals surface area contributed by atoms with Gasteiger partial charge in [-0.3, -0.25) is 4.40 Å². The number of amides is 1. The lowest BCUT2D eigenvalue weighted by Crippen LogP contribution is -2.28. The van der Waals surface area contributed by atoms with Gasteiger partial charge in [-0.15, -0.1) is 10.2 Å². The fourth-order valence-corrected chi connectivity index (χ4v) is 5.06. The first-order chi connectivity index (χ1) is 17.9. The second-order valence-corrected chi connectivity index (χ2v) is 9.26. The molecule has 14 heteroatoms. The second-order valence-electron chi connectivity index (χ2n) is 9.26. The van der Waals surface area contributed by atoms with Crippen LogP contribution in [0.1, 0.15) is 54.6 Å². The van der Waals surface area contributed by atoms with Gasteiger partial charge in [0.1, 0.15) is 11.9 Å². The number of nitrogens with zero attached hydrogens (tertiary/aromatic N) is 4. The van der Waals surface area contributed by atoms with Crippen LogP contribution in [-0.4, -0.2) is 36.8 Å². The molecule has 1 aliphatic carbocycles. The summed E-state index contributed by atoms with van der Waals surface area (Å²) in [6, 6.07) is 3.04. The molecule has 3 aromatic heterocycles. The van der Waals surface area contributed by atoms with Crippen LogP contribution in [-0.2, 0) is 23.6 Å². The van der Waals surface area contributed by atoms with Gasteiger partial charge in [0, 0.05) is 18.7 Å². The number of aromatic nitrogens is 5. The number of hydrogen-bond acceptors (Lipinski definition) is 5. The number of hydrogen-bond donors (Lipinski definition) is 2. The Bertz CT molecular complexity index is 1440. The number of carbonyl (C=O) groups is 1. The topological polar surface area (TPSA) is 97.2 Å². The van der Waals surface area contributed by atoms with Gasteiger partial charge in [0.2, 0.25) is 0 Å². The maximum absolute atomic E-state index is 13.1. The number of alkyl carbamates (subject to hydrolysis) is 1. The lowest BCUT2D eigenvalue weighted by atomic mass is 9.93. The molecule has 202 valence electrons. The Morgan fingerprint density at radius 2 is 1.82 bits per heavy atom. The molecule has 5 rings (SSSR count). The smallest absolute Gasteiger partial charge is 0.416 e. The first-order valence-electron chi connectivity index (χ1n) is 11.8. The fraction of sp³-hybridized carbons (Fsp3) is 0.417. The summed E-state index contributed by atoms with van der Waals surface area (Å²) in [5, 5.41) is 10.9. The molecule has 0 aliphatic heterocycles. The number of alkyl halides is 6. The highest BCUT2D eigenvalue weighted by Crippen LogP contribution is 2.43. The van der Waals surface area contributed by atoms with E-state index in [1.54, 1.807) is 12.4 Å². The van der Waals surface area contributed by atoms with Gasteiger partial charge in [0.25, 0.3) is 0 Å². The van der Waals surface area contributed by atoms with Gasteiger partial charge in [-0.2, -0.15) is 26.3 Å². The maximum atomic E-state index is 13.1. The van der Waals surface area contributed by atoms with Crippen molar-refractivity contribution >= 4 is 22.9 Å². The quantitative estimate of drug-likeness (QED) is 0.310. The summed E-state index contributed by atoms with van der Waals surface area (Å²) in [4.78, 5) is 19.8. The number of carbonyl (C=O) groups excluding carboxylic acids is 1. The fourth-order valence-electron chi connectivity index (χ4n) is 5.06. The molecule has 2 N–H and O–H groups in total. The number of benzene rings is 1. The lowest BCUT2D eigenvalue weighted by molar-refractivity contribution is -0.143. The number of H-pyrrole nitrogens is 1. The van der Waals surface area contributed by atoms with E-state index < -0.39 is 42.2 Å². The predicted molar refractivity (Wildman–Crippen MR) is 122 cm³/mol. The SMILES string of the molecule is CC[C@@H]1C[C@H](OC(=O)NCc2cc(C(F)(F)F)cc(C(F)(F)F)c2)C[C@@H]1c1nnc2cnc3[nH]ccc3n12. The molecule has 1 aromatic carbocycles. The van der Waals surface area contributed by atoms with E-state index in [1.165, 1.54) is 0 Å². The third-order valence-corrected chi connectivity index (χ3v) is 6.83. The Morgan fingerprint density at radius 1 is 1.11 bits per heavy atom. The van der Waals surface area contributed by atoms with Gasteiger partial charge in [-0.05, 0) is 48.6 Å². The normalized spacial score (nSPS) is 20.3. The molecule has 0 radical (unpaired) electrons. The Labute approximate surface area is 211 Å². The lowest BCUT2D eigenvalue weighted by Gasteiger charge is -2.16. The molecule has 0 unspecified atom stereocenters. The Morgan fingerprint density at radius 3 is 2.47 bits per heavy atom. The summed E-state index contributed by atoms with van der Waals surface area (Å²) in [7, 11) is 0. The number of aromatic amines is 1. The Hall–Kier alpha value is -3.84. The number of fused-ring (bicyclic) bond motifs is 3. The number of ether oxygens (including phenoxy) is 1. The monoisotopic (exact) mass is 540 g/mol. The molecular formula is C24H22F6N6O2. The molecule has 1 fully saturated rings. The van der Waals surface area contributed by atoms with Crippen LogP contribution in [0.4, 0.5) is 31.1 Å². The van der Waals surface area contributed by atoms with Crippen molar-refractivity contribution in [2.24, 2.45) is 5.92 Å². The average Bonchev–Trinajstić information content (AvgIpc) is 3.58. The molecule has 0 saturated heterocycles. The van der Waals surface area contributed by atoms with Crippen LogP contribution < -0.4 is 5.32 Å². The van der Waals surface area contributed by atoms with Crippen LogP contribution >= 0.6 is 0 Å². The van der Waals surface area contributed by atoms with Crippen molar-refractivity contribution in [1.29, 1.82) is 0 Å². The minimum Gasteiger partial charge on any atom is -0.446 e. The molecule has 1 saturated carbocycles. The van der Waals surface area contributed by atoms with Crippen molar-refractivity contribution in [3.63, 3.8) is 0 Å². The summed E-state index contributed by atoms with van der Waals surface area (Å²) in [5.74, 6) is 0.722. The summed E-state index contributed by atoms with van der Waals surface area (Å²) in [6.07, 6.45) is -6.32. The number of rotatable bonds is 5. The molecule has 8 nitrogen and oxygen atoms in total. The largest absolute Gasteiger partial charge is 0.446 e. The summed E-state index contributed by atoms with van der Waals surface area (Å²) < 4.78 is 86.0. The summed E-state index contributed by atoms with van der Waals surface area (Å²) in [5.41, 5.74) is -1.20. The molecule has 3 atom stereocenters. The predicted octanol–water partition coefficient (Wildman–Crippen LogP) is 5.84. The third-order valence-electron chi connectivity index (χ3n) is 6.83. The first-order valence-corrected chi connectivity index (χ1v) is 11.8. The molecular weight excluding hydrogens is 518 g/mol. The van der Waals surface area contributed by atoms with Crippen molar-refractivity contribution in [3.8, 4) is 0 Å². The zero-order valence-electron chi connectivity index (χ0n) is 19.9. The van der Waals surface area contributed by atoms with Crippen LogP contribution in [0, 0.1) is 5.92 Å². The van der Waals surface area contributed by atoms with Gasteiger partial charge >= 0.3 is 18.4 Å². The van der Waals surface area contributed by atoms with Gasteiger partial charge in [-0.1, -0.05) is 13.3 Å². The summed E-state index contributed by atoms with van der Waals surface area (Å²) in [6.45, 7) is 1.44. The number of halogens is 6. The molecule has 38 heavy (non-hydrogen) atoms. The minimum absolute atomic E-state index is 0.0386. The molecule has 1 aliphatic rings. The maximum Gasteiger partial charge on any atom is 0.416 e. The standard InChI is InChI=1S/C24H22F6N6O2/c1-2-13-7-16(9-17(13)21-35-34-19-11-32-20-18(36(19)21)3-4-31-20)38-22(37)33-10-12-5-14(23(25,26)27)8-15(6-12)24(28,29)30/h3-6,8,11,13,16-17,31H,2,7,9-10H2,1H3,(H,33,37)/t13-,16+,17+/m1/s1. The van der Waals surface area contributed by atoms with E-state index in [9.17, 15) is 31.1 Å². The van der Waals surface area contributed by atoms with Gasteiger partial charge in [-0.25, -0.2) is 9.78 Å². The van der Waals surface area contributed by atoms with Crippen molar-refractivity contribution in [2.45, 2.75) is 57.1 Å². The summed E-state index contributed by atoms with van der Waals surface area (Å²) >= 11 is 0. The van der Waals surface area contributed by atoms with E-state index in [-0.39, 0.29) is 23.5 Å². The highest BCUT2D eigenvalue weighted by molar-refractivity contribution is 5.74. The van der Waals surface area contributed by atoms with Gasteiger partial charge in [0.05, 0.1) is 22.8 Å². The van der Waals surface area contributed by atoms with Gasteiger partial charge in [0.15, 0.2) is 11.3 Å².